The Kier molecular flexibility index (Phi) is 4.67. The van der Waals surface area contributed by atoms with Gasteiger partial charge in [0.2, 0.25) is 0 Å². The minimum atomic E-state index is -0.0691. The molecule has 1 N–H and O–H groups in total. The van der Waals surface area contributed by atoms with Crippen molar-refractivity contribution in [1.82, 2.24) is 5.32 Å². The number of nitrogens with one attached hydrogen (secondary N) is 1. The van der Waals surface area contributed by atoms with Gasteiger partial charge in [-0.1, -0.05) is 51.8 Å². The Morgan fingerprint density at radius 1 is 1.00 bits per heavy atom. The van der Waals surface area contributed by atoms with E-state index >= 15 is 0 Å². The maximum absolute atomic E-state index is 5.89. The molecule has 0 amide bonds. The van der Waals surface area contributed by atoms with E-state index in [9.17, 15) is 0 Å². The minimum absolute atomic E-state index is 0.0691. The summed E-state index contributed by atoms with van der Waals surface area (Å²) in [6.45, 7) is 5.19. The predicted octanol–water partition coefficient (Wildman–Crippen LogP) is 5.13. The number of halogens is 2. The number of hydrogen-bond acceptors (Lipinski definition) is 1. The monoisotopic (exact) mass is 337 g/mol. The summed E-state index contributed by atoms with van der Waals surface area (Å²) in [5, 5.41) is 4.35. The first-order valence-electron chi connectivity index (χ1n) is 6.23. The lowest BCUT2D eigenvalue weighted by atomic mass is 9.94. The molecule has 19 heavy (non-hydrogen) atoms. The van der Waals surface area contributed by atoms with Crippen LogP contribution in [0.5, 0.6) is 0 Å². The topological polar surface area (TPSA) is 12.0 Å². The van der Waals surface area contributed by atoms with Crippen LogP contribution in [0.2, 0.25) is 5.02 Å². The molecule has 100 valence electrons. The molecule has 0 heterocycles. The normalized spacial score (nSPS) is 11.6. The zero-order valence-corrected chi connectivity index (χ0v) is 13.4. The molecule has 0 aliphatic carbocycles. The highest BCUT2D eigenvalue weighted by Gasteiger charge is 2.19. The molecular formula is C16H17BrClN. The molecular weight excluding hydrogens is 322 g/mol. The maximum Gasteiger partial charge on any atom is 0.0406 e. The van der Waals surface area contributed by atoms with Gasteiger partial charge in [0.15, 0.2) is 0 Å². The van der Waals surface area contributed by atoms with Gasteiger partial charge in [0.1, 0.15) is 0 Å². The van der Waals surface area contributed by atoms with Crippen LogP contribution in [0.15, 0.2) is 53.0 Å². The Hall–Kier alpha value is -0.830. The van der Waals surface area contributed by atoms with Crippen molar-refractivity contribution >= 4 is 27.5 Å². The molecule has 0 aromatic heterocycles. The van der Waals surface area contributed by atoms with Crippen molar-refractivity contribution in [3.63, 3.8) is 0 Å². The molecule has 0 saturated carbocycles. The van der Waals surface area contributed by atoms with Gasteiger partial charge < -0.3 is 5.32 Å². The second-order valence-electron chi connectivity index (χ2n) is 5.11. The first kappa shape index (κ1) is 14.6. The average Bonchev–Trinajstić information content (AvgIpc) is 2.39. The highest BCUT2D eigenvalue weighted by molar-refractivity contribution is 9.10. The van der Waals surface area contributed by atoms with Gasteiger partial charge in [-0.3, -0.25) is 0 Å². The number of benzene rings is 2. The zero-order chi connectivity index (χ0) is 13.9. The van der Waals surface area contributed by atoms with Crippen LogP contribution in [0.1, 0.15) is 25.0 Å². The van der Waals surface area contributed by atoms with Crippen molar-refractivity contribution < 1.29 is 0 Å². The van der Waals surface area contributed by atoms with Crippen molar-refractivity contribution in [2.75, 3.05) is 0 Å². The second kappa shape index (κ2) is 6.08. The molecule has 3 heteroatoms. The Labute approximate surface area is 128 Å². The molecule has 2 aromatic rings. The fraction of sp³-hybridized carbons (Fsp3) is 0.250. The van der Waals surface area contributed by atoms with Gasteiger partial charge in [-0.2, -0.15) is 0 Å². The van der Waals surface area contributed by atoms with Gasteiger partial charge in [-0.05, 0) is 49.2 Å². The molecule has 0 fully saturated rings. The van der Waals surface area contributed by atoms with Crippen LogP contribution in [0.3, 0.4) is 0 Å². The van der Waals surface area contributed by atoms with Crippen molar-refractivity contribution in [2.45, 2.75) is 25.9 Å². The highest BCUT2D eigenvalue weighted by Crippen LogP contribution is 2.22. The van der Waals surface area contributed by atoms with E-state index in [0.29, 0.717) is 0 Å². The highest BCUT2D eigenvalue weighted by atomic mass is 79.9. The molecule has 0 spiro atoms. The van der Waals surface area contributed by atoms with E-state index < -0.39 is 0 Å². The fourth-order valence-electron chi connectivity index (χ4n) is 1.89. The summed E-state index contributed by atoms with van der Waals surface area (Å²) in [5.74, 6) is 0. The van der Waals surface area contributed by atoms with Crippen molar-refractivity contribution in [3.8, 4) is 0 Å². The SMILES string of the molecule is CC(C)(NCc1ccc(Cl)cc1)c1ccc(Br)cc1. The van der Waals surface area contributed by atoms with E-state index in [1.54, 1.807) is 0 Å². The molecule has 2 aromatic carbocycles. The lowest BCUT2D eigenvalue weighted by Gasteiger charge is -2.27. The molecule has 2 rings (SSSR count). The summed E-state index contributed by atoms with van der Waals surface area (Å²) in [4.78, 5) is 0. The first-order chi connectivity index (χ1) is 8.97. The average molecular weight is 339 g/mol. The van der Waals surface area contributed by atoms with E-state index in [1.807, 2.05) is 24.3 Å². The van der Waals surface area contributed by atoms with Crippen LogP contribution >= 0.6 is 27.5 Å². The number of hydrogen-bond donors (Lipinski definition) is 1. The standard InChI is InChI=1S/C16H17BrClN/c1-16(2,13-5-7-14(17)8-6-13)19-11-12-3-9-15(18)10-4-12/h3-10,19H,11H2,1-2H3. The summed E-state index contributed by atoms with van der Waals surface area (Å²) in [7, 11) is 0. The van der Waals surface area contributed by atoms with Crippen LogP contribution in [0.4, 0.5) is 0 Å². The maximum atomic E-state index is 5.89. The summed E-state index contributed by atoms with van der Waals surface area (Å²) in [5.41, 5.74) is 2.43. The lowest BCUT2D eigenvalue weighted by Crippen LogP contribution is -2.35. The van der Waals surface area contributed by atoms with Crippen molar-refractivity contribution in [3.05, 3.63) is 69.2 Å². The molecule has 0 atom stereocenters. The molecule has 1 nitrogen and oxygen atoms in total. The van der Waals surface area contributed by atoms with Crippen molar-refractivity contribution in [2.24, 2.45) is 0 Å². The summed E-state index contributed by atoms with van der Waals surface area (Å²) in [6, 6.07) is 16.4. The second-order valence-corrected chi connectivity index (χ2v) is 6.46. The van der Waals surface area contributed by atoms with Gasteiger partial charge in [-0.15, -0.1) is 0 Å². The first-order valence-corrected chi connectivity index (χ1v) is 7.40. The van der Waals surface area contributed by atoms with Gasteiger partial charge in [0, 0.05) is 21.6 Å². The third kappa shape index (κ3) is 4.07. The number of rotatable bonds is 4. The van der Waals surface area contributed by atoms with Crippen LogP contribution < -0.4 is 5.32 Å². The molecule has 0 saturated heterocycles. The Balaban J connectivity index is 2.04. The fourth-order valence-corrected chi connectivity index (χ4v) is 2.28. The van der Waals surface area contributed by atoms with Crippen LogP contribution in [-0.2, 0) is 12.1 Å². The van der Waals surface area contributed by atoms with Crippen LogP contribution in [-0.4, -0.2) is 0 Å². The molecule has 0 radical (unpaired) electrons. The van der Waals surface area contributed by atoms with E-state index in [2.05, 4.69) is 59.4 Å². The predicted molar refractivity (Wildman–Crippen MR) is 85.5 cm³/mol. The quantitative estimate of drug-likeness (QED) is 0.815. The smallest absolute Gasteiger partial charge is 0.0406 e. The van der Waals surface area contributed by atoms with E-state index in [1.165, 1.54) is 11.1 Å². The minimum Gasteiger partial charge on any atom is -0.304 e. The molecule has 0 aliphatic rings. The third-order valence-electron chi connectivity index (χ3n) is 3.21. The van der Waals surface area contributed by atoms with Gasteiger partial charge in [0.05, 0.1) is 0 Å². The van der Waals surface area contributed by atoms with E-state index in [0.717, 1.165) is 16.0 Å². The van der Waals surface area contributed by atoms with Gasteiger partial charge in [0.25, 0.3) is 0 Å². The van der Waals surface area contributed by atoms with Gasteiger partial charge >= 0.3 is 0 Å². The lowest BCUT2D eigenvalue weighted by molar-refractivity contribution is 0.401. The zero-order valence-electron chi connectivity index (χ0n) is 11.1. The largest absolute Gasteiger partial charge is 0.304 e. The Morgan fingerprint density at radius 2 is 1.58 bits per heavy atom. The molecule has 0 bridgehead atoms. The van der Waals surface area contributed by atoms with Crippen LogP contribution in [0, 0.1) is 0 Å². The molecule has 0 unspecified atom stereocenters. The third-order valence-corrected chi connectivity index (χ3v) is 3.99. The summed E-state index contributed by atoms with van der Waals surface area (Å²) in [6.07, 6.45) is 0. The van der Waals surface area contributed by atoms with E-state index in [4.69, 9.17) is 11.6 Å². The van der Waals surface area contributed by atoms with Crippen molar-refractivity contribution in [1.29, 1.82) is 0 Å². The van der Waals surface area contributed by atoms with Crippen LogP contribution in [0.25, 0.3) is 0 Å². The summed E-state index contributed by atoms with van der Waals surface area (Å²) >= 11 is 9.35. The Morgan fingerprint density at radius 3 is 2.16 bits per heavy atom. The molecule has 0 aliphatic heterocycles. The Bertz CT molecular complexity index is 532. The summed E-state index contributed by atoms with van der Waals surface area (Å²) < 4.78 is 1.10. The van der Waals surface area contributed by atoms with E-state index in [-0.39, 0.29) is 5.54 Å². The van der Waals surface area contributed by atoms with Gasteiger partial charge in [-0.25, -0.2) is 0 Å².